The number of halogens is 2. The predicted octanol–water partition coefficient (Wildman–Crippen LogP) is 4.51. The SMILES string of the molecule is CC(C)(C)c1ccccc1NC(=O)c1ccc(F)c(F)c1. The first-order chi connectivity index (χ1) is 9.79. The van der Waals surface area contributed by atoms with Gasteiger partial charge in [-0.3, -0.25) is 4.79 Å². The highest BCUT2D eigenvalue weighted by Crippen LogP contribution is 2.29. The number of rotatable bonds is 2. The first kappa shape index (κ1) is 15.2. The van der Waals surface area contributed by atoms with Gasteiger partial charge < -0.3 is 5.32 Å². The van der Waals surface area contributed by atoms with Crippen LogP contribution in [0.3, 0.4) is 0 Å². The van der Waals surface area contributed by atoms with E-state index in [1.54, 1.807) is 6.07 Å². The summed E-state index contributed by atoms with van der Waals surface area (Å²) in [5, 5.41) is 2.75. The molecule has 2 aromatic rings. The van der Waals surface area contributed by atoms with E-state index in [0.717, 1.165) is 17.7 Å². The molecule has 0 aromatic heterocycles. The fourth-order valence-electron chi connectivity index (χ4n) is 2.08. The Bertz CT molecular complexity index is 675. The lowest BCUT2D eigenvalue weighted by Crippen LogP contribution is -2.18. The van der Waals surface area contributed by atoms with E-state index in [2.05, 4.69) is 5.32 Å². The van der Waals surface area contributed by atoms with Crippen LogP contribution in [0.5, 0.6) is 0 Å². The van der Waals surface area contributed by atoms with Gasteiger partial charge in [0.15, 0.2) is 11.6 Å². The Balaban J connectivity index is 2.30. The second kappa shape index (κ2) is 5.64. The van der Waals surface area contributed by atoms with Gasteiger partial charge >= 0.3 is 0 Å². The van der Waals surface area contributed by atoms with Gasteiger partial charge in [0.05, 0.1) is 0 Å². The molecule has 2 rings (SSSR count). The Morgan fingerprint density at radius 3 is 2.29 bits per heavy atom. The fourth-order valence-corrected chi connectivity index (χ4v) is 2.08. The van der Waals surface area contributed by atoms with Gasteiger partial charge in [0.2, 0.25) is 0 Å². The number of carbonyl (C=O) groups excluding carboxylic acids is 1. The Labute approximate surface area is 122 Å². The van der Waals surface area contributed by atoms with Crippen LogP contribution in [-0.2, 0) is 5.41 Å². The Morgan fingerprint density at radius 2 is 1.67 bits per heavy atom. The molecule has 0 saturated heterocycles. The average molecular weight is 289 g/mol. The summed E-state index contributed by atoms with van der Waals surface area (Å²) >= 11 is 0. The van der Waals surface area contributed by atoms with Crippen LogP contribution in [0.15, 0.2) is 42.5 Å². The quantitative estimate of drug-likeness (QED) is 0.865. The van der Waals surface area contributed by atoms with E-state index in [1.807, 2.05) is 39.0 Å². The molecule has 0 radical (unpaired) electrons. The molecule has 0 bridgehead atoms. The number of hydrogen-bond acceptors (Lipinski definition) is 1. The third kappa shape index (κ3) is 3.45. The van der Waals surface area contributed by atoms with Gasteiger partial charge in [0, 0.05) is 11.3 Å². The second-order valence-corrected chi connectivity index (χ2v) is 5.88. The zero-order valence-corrected chi connectivity index (χ0v) is 12.2. The van der Waals surface area contributed by atoms with Crippen molar-refractivity contribution in [2.24, 2.45) is 0 Å². The van der Waals surface area contributed by atoms with Gasteiger partial charge in [-0.25, -0.2) is 8.78 Å². The highest BCUT2D eigenvalue weighted by molar-refractivity contribution is 6.04. The summed E-state index contributed by atoms with van der Waals surface area (Å²) in [6.07, 6.45) is 0. The molecule has 1 N–H and O–H groups in total. The van der Waals surface area contributed by atoms with Crippen molar-refractivity contribution in [3.63, 3.8) is 0 Å². The molecule has 0 saturated carbocycles. The van der Waals surface area contributed by atoms with Crippen LogP contribution < -0.4 is 5.32 Å². The molecule has 0 unspecified atom stereocenters. The van der Waals surface area contributed by atoms with Crippen LogP contribution in [0.1, 0.15) is 36.7 Å². The smallest absolute Gasteiger partial charge is 0.255 e. The molecule has 21 heavy (non-hydrogen) atoms. The lowest BCUT2D eigenvalue weighted by atomic mass is 9.86. The molecule has 0 aliphatic heterocycles. The highest BCUT2D eigenvalue weighted by atomic mass is 19.2. The van der Waals surface area contributed by atoms with Gasteiger partial charge in [0.1, 0.15) is 0 Å². The summed E-state index contributed by atoms with van der Waals surface area (Å²) in [4.78, 5) is 12.2. The Hall–Kier alpha value is -2.23. The molecule has 0 atom stereocenters. The molecule has 4 heteroatoms. The van der Waals surface area contributed by atoms with Crippen molar-refractivity contribution in [2.75, 3.05) is 5.32 Å². The van der Waals surface area contributed by atoms with E-state index in [-0.39, 0.29) is 11.0 Å². The number of benzene rings is 2. The summed E-state index contributed by atoms with van der Waals surface area (Å²) < 4.78 is 26.1. The number of para-hydroxylation sites is 1. The number of hydrogen-bond donors (Lipinski definition) is 1. The summed E-state index contributed by atoms with van der Waals surface area (Å²) in [5.41, 5.74) is 1.58. The third-order valence-corrected chi connectivity index (χ3v) is 3.17. The minimum atomic E-state index is -1.04. The molecule has 2 nitrogen and oxygen atoms in total. The van der Waals surface area contributed by atoms with Crippen LogP contribution in [0, 0.1) is 11.6 Å². The maximum Gasteiger partial charge on any atom is 0.255 e. The molecule has 0 aliphatic rings. The van der Waals surface area contributed by atoms with Crippen LogP contribution in [0.25, 0.3) is 0 Å². The monoisotopic (exact) mass is 289 g/mol. The third-order valence-electron chi connectivity index (χ3n) is 3.17. The first-order valence-electron chi connectivity index (χ1n) is 6.65. The van der Waals surface area contributed by atoms with Gasteiger partial charge in [-0.1, -0.05) is 39.0 Å². The Morgan fingerprint density at radius 1 is 1.00 bits per heavy atom. The topological polar surface area (TPSA) is 29.1 Å². The summed E-state index contributed by atoms with van der Waals surface area (Å²) in [5.74, 6) is -2.47. The summed E-state index contributed by atoms with van der Waals surface area (Å²) in [7, 11) is 0. The zero-order chi connectivity index (χ0) is 15.6. The number of anilines is 1. The van der Waals surface area contributed by atoms with Gasteiger partial charge in [0.25, 0.3) is 5.91 Å². The molecular formula is C17H17F2NO. The first-order valence-corrected chi connectivity index (χ1v) is 6.65. The van der Waals surface area contributed by atoms with Gasteiger partial charge in [-0.2, -0.15) is 0 Å². The fraction of sp³-hybridized carbons (Fsp3) is 0.235. The Kier molecular flexibility index (Phi) is 4.07. The van der Waals surface area contributed by atoms with Crippen molar-refractivity contribution in [3.8, 4) is 0 Å². The van der Waals surface area contributed by atoms with Crippen LogP contribution >= 0.6 is 0 Å². The molecule has 1 amide bonds. The van der Waals surface area contributed by atoms with Crippen LogP contribution in [0.4, 0.5) is 14.5 Å². The molecule has 0 heterocycles. The molecule has 2 aromatic carbocycles. The molecule has 0 aliphatic carbocycles. The summed E-state index contributed by atoms with van der Waals surface area (Å²) in [6.45, 7) is 6.11. The highest BCUT2D eigenvalue weighted by Gasteiger charge is 2.19. The zero-order valence-electron chi connectivity index (χ0n) is 12.2. The maximum atomic E-state index is 13.2. The van der Waals surface area contributed by atoms with E-state index < -0.39 is 17.5 Å². The lowest BCUT2D eigenvalue weighted by Gasteiger charge is -2.23. The molecule has 110 valence electrons. The van der Waals surface area contributed by atoms with E-state index in [0.29, 0.717) is 5.69 Å². The van der Waals surface area contributed by atoms with Crippen molar-refractivity contribution < 1.29 is 13.6 Å². The standard InChI is InChI=1S/C17H17F2NO/c1-17(2,3)12-6-4-5-7-15(12)20-16(21)11-8-9-13(18)14(19)10-11/h4-10H,1-3H3,(H,20,21). The molecular weight excluding hydrogens is 272 g/mol. The molecule has 0 spiro atoms. The normalized spacial score (nSPS) is 11.3. The average Bonchev–Trinajstić information content (AvgIpc) is 2.41. The van der Waals surface area contributed by atoms with Crippen molar-refractivity contribution in [1.82, 2.24) is 0 Å². The maximum absolute atomic E-state index is 13.2. The van der Waals surface area contributed by atoms with Gasteiger partial charge in [-0.05, 0) is 35.2 Å². The number of amides is 1. The van der Waals surface area contributed by atoms with Gasteiger partial charge in [-0.15, -0.1) is 0 Å². The number of nitrogens with one attached hydrogen (secondary N) is 1. The van der Waals surface area contributed by atoms with Crippen molar-refractivity contribution in [3.05, 3.63) is 65.2 Å². The van der Waals surface area contributed by atoms with E-state index >= 15 is 0 Å². The van der Waals surface area contributed by atoms with Crippen molar-refractivity contribution >= 4 is 11.6 Å². The lowest BCUT2D eigenvalue weighted by molar-refractivity contribution is 0.102. The predicted molar refractivity (Wildman–Crippen MR) is 79.5 cm³/mol. The van der Waals surface area contributed by atoms with Crippen molar-refractivity contribution in [2.45, 2.75) is 26.2 Å². The van der Waals surface area contributed by atoms with E-state index in [1.165, 1.54) is 6.07 Å². The number of carbonyl (C=O) groups is 1. The van der Waals surface area contributed by atoms with Crippen LogP contribution in [0.2, 0.25) is 0 Å². The van der Waals surface area contributed by atoms with Crippen molar-refractivity contribution in [1.29, 1.82) is 0 Å². The second-order valence-electron chi connectivity index (χ2n) is 5.88. The van der Waals surface area contributed by atoms with Crippen LogP contribution in [-0.4, -0.2) is 5.91 Å². The minimum Gasteiger partial charge on any atom is -0.322 e. The van der Waals surface area contributed by atoms with E-state index in [9.17, 15) is 13.6 Å². The molecule has 0 fully saturated rings. The van der Waals surface area contributed by atoms with E-state index in [4.69, 9.17) is 0 Å². The minimum absolute atomic E-state index is 0.0811. The summed E-state index contributed by atoms with van der Waals surface area (Å²) in [6, 6.07) is 10.5. The largest absolute Gasteiger partial charge is 0.322 e.